The first-order valence-corrected chi connectivity index (χ1v) is 9.37. The van der Waals surface area contributed by atoms with Crippen LogP contribution in [0.1, 0.15) is 32.3 Å². The Kier molecular flexibility index (Phi) is 11.1. The Bertz CT molecular complexity index is 621. The minimum absolute atomic E-state index is 0.184. The van der Waals surface area contributed by atoms with Crippen molar-refractivity contribution in [3.8, 4) is 0 Å². The maximum absolute atomic E-state index is 12.1. The second-order valence-electron chi connectivity index (χ2n) is 5.81. The molecule has 0 saturated carbocycles. The van der Waals surface area contributed by atoms with Crippen molar-refractivity contribution in [3.05, 3.63) is 29.8 Å². The first-order chi connectivity index (χ1) is 13.5. The molecule has 0 aromatic heterocycles. The largest absolute Gasteiger partial charge is 0.466 e. The number of likely N-dealkylation sites (N-methyl/N-ethyl adjacent to an activating group) is 1. The van der Waals surface area contributed by atoms with Gasteiger partial charge in [0.25, 0.3) is 5.91 Å². The number of hydroxylamine groups is 2. The van der Waals surface area contributed by atoms with Gasteiger partial charge in [-0.3, -0.25) is 14.4 Å². The van der Waals surface area contributed by atoms with Crippen LogP contribution in [0.2, 0.25) is 0 Å². The molecule has 156 valence electrons. The van der Waals surface area contributed by atoms with Crippen molar-refractivity contribution >= 4 is 23.6 Å². The van der Waals surface area contributed by atoms with Gasteiger partial charge in [0.15, 0.2) is 0 Å². The van der Waals surface area contributed by atoms with Crippen LogP contribution >= 0.6 is 0 Å². The Balaban J connectivity index is 2.25. The maximum atomic E-state index is 12.1. The van der Waals surface area contributed by atoms with Gasteiger partial charge in [-0.15, -0.1) is 0 Å². The summed E-state index contributed by atoms with van der Waals surface area (Å²) in [6.07, 6.45) is 0.679. The molecule has 0 radical (unpaired) electrons. The monoisotopic (exact) mass is 394 g/mol. The molecule has 0 aliphatic heterocycles. The molecule has 28 heavy (non-hydrogen) atoms. The van der Waals surface area contributed by atoms with Gasteiger partial charge in [-0.25, -0.2) is 9.86 Å². The van der Waals surface area contributed by atoms with Crippen molar-refractivity contribution in [2.75, 3.05) is 38.7 Å². The molecule has 1 rings (SSSR count). The smallest absolute Gasteiger partial charge is 0.315 e. The fraction of sp³-hybridized carbons (Fsp3) is 0.526. The molecule has 0 aliphatic carbocycles. The molecule has 0 unspecified atom stereocenters. The van der Waals surface area contributed by atoms with Gasteiger partial charge in [0.05, 0.1) is 13.2 Å². The number of benzene rings is 1. The van der Waals surface area contributed by atoms with Gasteiger partial charge < -0.3 is 20.7 Å². The van der Waals surface area contributed by atoms with Crippen LogP contribution in [0.15, 0.2) is 24.3 Å². The lowest BCUT2D eigenvalue weighted by atomic mass is 10.2. The van der Waals surface area contributed by atoms with E-state index in [0.29, 0.717) is 26.1 Å². The standard InChI is InChI=1S/C19H30N4O5/c1-4-23(28-12-6-7-18(25)27-5-2)17(24)14-22-19(26)21-13-15-8-10-16(20-3)11-9-15/h8-11,20H,4-7,12-14H2,1-3H3,(H2,21,22,26). The van der Waals surface area contributed by atoms with Gasteiger partial charge >= 0.3 is 12.0 Å². The number of urea groups is 1. The highest BCUT2D eigenvalue weighted by Gasteiger charge is 2.14. The van der Waals surface area contributed by atoms with Crippen molar-refractivity contribution < 1.29 is 24.0 Å². The van der Waals surface area contributed by atoms with Crippen LogP contribution in [0.5, 0.6) is 0 Å². The number of ether oxygens (including phenoxy) is 1. The molecule has 3 N–H and O–H groups in total. The van der Waals surface area contributed by atoms with E-state index in [0.717, 1.165) is 11.3 Å². The second-order valence-corrected chi connectivity index (χ2v) is 5.81. The van der Waals surface area contributed by atoms with Crippen molar-refractivity contribution in [1.82, 2.24) is 15.7 Å². The summed E-state index contributed by atoms with van der Waals surface area (Å²) in [7, 11) is 1.83. The van der Waals surface area contributed by atoms with Gasteiger partial charge in [0, 0.05) is 32.2 Å². The Hall–Kier alpha value is -2.81. The van der Waals surface area contributed by atoms with Gasteiger partial charge in [0.1, 0.15) is 6.54 Å². The second kappa shape index (κ2) is 13.4. The lowest BCUT2D eigenvalue weighted by molar-refractivity contribution is -0.184. The highest BCUT2D eigenvalue weighted by Crippen LogP contribution is 2.08. The Morgan fingerprint density at radius 3 is 2.39 bits per heavy atom. The first-order valence-electron chi connectivity index (χ1n) is 9.37. The third-order valence-corrected chi connectivity index (χ3v) is 3.74. The molecule has 0 spiro atoms. The van der Waals surface area contributed by atoms with E-state index in [4.69, 9.17) is 9.57 Å². The molecule has 3 amide bonds. The molecule has 0 heterocycles. The number of rotatable bonds is 12. The van der Waals surface area contributed by atoms with Crippen LogP contribution in [0, 0.1) is 0 Å². The number of carbonyl (C=O) groups excluding carboxylic acids is 3. The summed E-state index contributed by atoms with van der Waals surface area (Å²) in [6.45, 7) is 4.57. The van der Waals surface area contributed by atoms with Crippen LogP contribution in [-0.4, -0.2) is 56.3 Å². The van der Waals surface area contributed by atoms with Crippen LogP contribution < -0.4 is 16.0 Å². The minimum Gasteiger partial charge on any atom is -0.466 e. The van der Waals surface area contributed by atoms with Crippen LogP contribution in [0.3, 0.4) is 0 Å². The molecule has 0 bridgehead atoms. The quantitative estimate of drug-likeness (QED) is 0.283. The average molecular weight is 394 g/mol. The molecular weight excluding hydrogens is 364 g/mol. The fourth-order valence-corrected chi connectivity index (χ4v) is 2.24. The highest BCUT2D eigenvalue weighted by molar-refractivity contribution is 5.83. The normalized spacial score (nSPS) is 10.1. The van der Waals surface area contributed by atoms with Gasteiger partial charge in [-0.05, 0) is 38.0 Å². The summed E-state index contributed by atoms with van der Waals surface area (Å²) in [5.41, 5.74) is 1.93. The van der Waals surface area contributed by atoms with Crippen LogP contribution in [0.4, 0.5) is 10.5 Å². The van der Waals surface area contributed by atoms with E-state index in [1.165, 1.54) is 5.06 Å². The summed E-state index contributed by atoms with van der Waals surface area (Å²) in [5, 5.41) is 9.39. The van der Waals surface area contributed by atoms with Crippen LogP contribution in [-0.2, 0) is 25.7 Å². The Morgan fingerprint density at radius 1 is 1.07 bits per heavy atom. The molecule has 0 atom stereocenters. The molecule has 0 saturated heterocycles. The fourth-order valence-electron chi connectivity index (χ4n) is 2.24. The zero-order valence-electron chi connectivity index (χ0n) is 16.7. The van der Waals surface area contributed by atoms with Gasteiger partial charge in [0.2, 0.25) is 0 Å². The van der Waals surface area contributed by atoms with E-state index in [1.807, 2.05) is 31.3 Å². The minimum atomic E-state index is -0.440. The summed E-state index contributed by atoms with van der Waals surface area (Å²) >= 11 is 0. The number of nitrogens with one attached hydrogen (secondary N) is 3. The Labute approximate surface area is 165 Å². The van der Waals surface area contributed by atoms with Crippen molar-refractivity contribution in [1.29, 1.82) is 0 Å². The van der Waals surface area contributed by atoms with E-state index in [2.05, 4.69) is 16.0 Å². The molecule has 0 aliphatic rings. The number of amides is 3. The van der Waals surface area contributed by atoms with E-state index >= 15 is 0 Å². The molecule has 0 fully saturated rings. The SMILES string of the molecule is CCOC(=O)CCCON(CC)C(=O)CNC(=O)NCc1ccc(NC)cc1. The predicted octanol–water partition coefficient (Wildman–Crippen LogP) is 1.65. The third kappa shape index (κ3) is 9.22. The van der Waals surface area contributed by atoms with Crippen LogP contribution in [0.25, 0.3) is 0 Å². The van der Waals surface area contributed by atoms with E-state index in [-0.39, 0.29) is 31.4 Å². The Morgan fingerprint density at radius 2 is 1.79 bits per heavy atom. The molecule has 9 nitrogen and oxygen atoms in total. The number of hydrogen-bond donors (Lipinski definition) is 3. The molecular formula is C19H30N4O5. The lowest BCUT2D eigenvalue weighted by Gasteiger charge is -2.20. The number of nitrogens with zero attached hydrogens (tertiary/aromatic N) is 1. The van der Waals surface area contributed by atoms with Crippen molar-refractivity contribution in [3.63, 3.8) is 0 Å². The number of anilines is 1. The van der Waals surface area contributed by atoms with E-state index < -0.39 is 6.03 Å². The number of carbonyl (C=O) groups is 3. The summed E-state index contributed by atoms with van der Waals surface area (Å²) < 4.78 is 4.82. The lowest BCUT2D eigenvalue weighted by Crippen LogP contribution is -2.43. The third-order valence-electron chi connectivity index (χ3n) is 3.74. The molecule has 1 aromatic carbocycles. The number of esters is 1. The first kappa shape index (κ1) is 23.2. The van der Waals surface area contributed by atoms with Crippen molar-refractivity contribution in [2.45, 2.75) is 33.2 Å². The zero-order valence-corrected chi connectivity index (χ0v) is 16.7. The van der Waals surface area contributed by atoms with E-state index in [1.54, 1.807) is 13.8 Å². The molecule has 1 aromatic rings. The number of hydrogen-bond acceptors (Lipinski definition) is 6. The predicted molar refractivity (Wildman–Crippen MR) is 105 cm³/mol. The summed E-state index contributed by atoms with van der Waals surface area (Å²) in [4.78, 5) is 40.6. The highest BCUT2D eigenvalue weighted by atomic mass is 16.7. The zero-order chi connectivity index (χ0) is 20.8. The van der Waals surface area contributed by atoms with Crippen molar-refractivity contribution in [2.24, 2.45) is 0 Å². The van der Waals surface area contributed by atoms with E-state index in [9.17, 15) is 14.4 Å². The molecule has 9 heteroatoms. The van der Waals surface area contributed by atoms with Gasteiger partial charge in [-0.1, -0.05) is 12.1 Å². The summed E-state index contributed by atoms with van der Waals surface area (Å²) in [6, 6.07) is 7.19. The van der Waals surface area contributed by atoms with Gasteiger partial charge in [-0.2, -0.15) is 0 Å². The average Bonchev–Trinajstić information content (AvgIpc) is 2.71. The maximum Gasteiger partial charge on any atom is 0.315 e. The topological polar surface area (TPSA) is 109 Å². The summed E-state index contributed by atoms with van der Waals surface area (Å²) in [5.74, 6) is -0.661.